The fraction of sp³-hybridized carbons (Fsp3) is 0.462. The summed E-state index contributed by atoms with van der Waals surface area (Å²) in [6, 6.07) is 4.16. The van der Waals surface area contributed by atoms with Crippen molar-refractivity contribution in [3.05, 3.63) is 33.9 Å². The molecule has 0 radical (unpaired) electrons. The van der Waals surface area contributed by atoms with E-state index >= 15 is 0 Å². The number of nitro groups is 1. The lowest BCUT2D eigenvalue weighted by atomic mass is 10.1. The van der Waals surface area contributed by atoms with Crippen molar-refractivity contribution < 1.29 is 14.5 Å². The topological polar surface area (TPSA) is 98.7 Å². The average molecular weight is 279 g/mol. The first-order chi connectivity index (χ1) is 9.43. The quantitative estimate of drug-likeness (QED) is 0.658. The molecule has 20 heavy (non-hydrogen) atoms. The molecular formula is C13H17N3O4. The molecule has 1 saturated heterocycles. The molecule has 7 nitrogen and oxygen atoms in total. The Kier molecular flexibility index (Phi) is 3.89. The number of ether oxygens (including phenoxy) is 1. The smallest absolute Gasteiger partial charge is 0.311 e. The highest BCUT2D eigenvalue weighted by Gasteiger charge is 2.31. The van der Waals surface area contributed by atoms with Gasteiger partial charge in [0, 0.05) is 30.8 Å². The Hall–Kier alpha value is -2.15. The van der Waals surface area contributed by atoms with Crippen molar-refractivity contribution in [1.82, 2.24) is 4.90 Å². The number of likely N-dealkylation sites (tertiary alicyclic amines) is 1. The molecule has 2 unspecified atom stereocenters. The van der Waals surface area contributed by atoms with Crippen molar-refractivity contribution in [1.29, 1.82) is 0 Å². The Bertz CT molecular complexity index is 536. The third kappa shape index (κ3) is 2.57. The number of nitrogens with zero attached hydrogens (tertiary/aromatic N) is 2. The van der Waals surface area contributed by atoms with Gasteiger partial charge in [0.1, 0.15) is 0 Å². The van der Waals surface area contributed by atoms with Gasteiger partial charge in [-0.2, -0.15) is 0 Å². The summed E-state index contributed by atoms with van der Waals surface area (Å²) in [5.74, 6) is 0.126. The van der Waals surface area contributed by atoms with Crippen molar-refractivity contribution in [3.8, 4) is 5.75 Å². The molecule has 2 atom stereocenters. The van der Waals surface area contributed by atoms with E-state index in [2.05, 4.69) is 0 Å². The van der Waals surface area contributed by atoms with Gasteiger partial charge in [0.15, 0.2) is 5.75 Å². The van der Waals surface area contributed by atoms with Gasteiger partial charge in [-0.05, 0) is 18.1 Å². The van der Waals surface area contributed by atoms with Gasteiger partial charge in [-0.1, -0.05) is 6.92 Å². The van der Waals surface area contributed by atoms with Crippen molar-refractivity contribution in [2.45, 2.75) is 13.0 Å². The molecule has 1 aliphatic rings. The molecule has 0 aliphatic carbocycles. The number of benzene rings is 1. The minimum Gasteiger partial charge on any atom is -0.490 e. The monoisotopic (exact) mass is 279 g/mol. The van der Waals surface area contributed by atoms with Gasteiger partial charge in [0.2, 0.25) is 0 Å². The minimum atomic E-state index is -0.562. The predicted molar refractivity (Wildman–Crippen MR) is 72.7 cm³/mol. The van der Waals surface area contributed by atoms with Crippen molar-refractivity contribution in [2.75, 3.05) is 20.2 Å². The van der Waals surface area contributed by atoms with Gasteiger partial charge >= 0.3 is 5.69 Å². The van der Waals surface area contributed by atoms with Crippen LogP contribution in [-0.2, 0) is 0 Å². The van der Waals surface area contributed by atoms with Gasteiger partial charge in [-0.3, -0.25) is 14.9 Å². The van der Waals surface area contributed by atoms with Crippen LogP contribution in [0.4, 0.5) is 5.69 Å². The maximum absolute atomic E-state index is 12.3. The van der Waals surface area contributed by atoms with Gasteiger partial charge < -0.3 is 15.4 Å². The van der Waals surface area contributed by atoms with Crippen LogP contribution in [0.15, 0.2) is 18.2 Å². The van der Waals surface area contributed by atoms with Crippen molar-refractivity contribution in [3.63, 3.8) is 0 Å². The van der Waals surface area contributed by atoms with Gasteiger partial charge in [-0.25, -0.2) is 0 Å². The summed E-state index contributed by atoms with van der Waals surface area (Å²) in [7, 11) is 1.35. The van der Waals surface area contributed by atoms with Gasteiger partial charge in [0.05, 0.1) is 12.0 Å². The Morgan fingerprint density at radius 2 is 2.20 bits per heavy atom. The summed E-state index contributed by atoms with van der Waals surface area (Å²) >= 11 is 0. The van der Waals surface area contributed by atoms with Crippen molar-refractivity contribution >= 4 is 11.6 Å². The summed E-state index contributed by atoms with van der Waals surface area (Å²) in [5.41, 5.74) is 5.95. The van der Waals surface area contributed by atoms with E-state index in [0.29, 0.717) is 13.1 Å². The summed E-state index contributed by atoms with van der Waals surface area (Å²) in [6.45, 7) is 3.02. The van der Waals surface area contributed by atoms with Crippen molar-refractivity contribution in [2.24, 2.45) is 11.7 Å². The summed E-state index contributed by atoms with van der Waals surface area (Å²) in [4.78, 5) is 24.3. The Morgan fingerprint density at radius 1 is 1.50 bits per heavy atom. The molecule has 2 rings (SSSR count). The largest absolute Gasteiger partial charge is 0.490 e. The first-order valence-corrected chi connectivity index (χ1v) is 6.31. The highest BCUT2D eigenvalue weighted by Crippen LogP contribution is 2.28. The lowest BCUT2D eigenvalue weighted by Crippen LogP contribution is -2.32. The van der Waals surface area contributed by atoms with E-state index in [1.807, 2.05) is 6.92 Å². The molecule has 1 amide bonds. The molecule has 0 aromatic heterocycles. The van der Waals surface area contributed by atoms with Crippen LogP contribution < -0.4 is 10.5 Å². The second-order valence-electron chi connectivity index (χ2n) is 5.00. The van der Waals surface area contributed by atoms with E-state index in [0.717, 1.165) is 0 Å². The standard InChI is InChI=1S/C13H17N3O4/c1-8-6-15(7-10(8)14)13(17)9-3-4-12(20-2)11(5-9)16(18)19/h3-5,8,10H,6-7,14H2,1-2H3. The third-order valence-electron chi connectivity index (χ3n) is 3.58. The summed E-state index contributed by atoms with van der Waals surface area (Å²) in [6.07, 6.45) is 0. The SMILES string of the molecule is COc1ccc(C(=O)N2CC(C)C(N)C2)cc1[N+](=O)[O-]. The lowest BCUT2D eigenvalue weighted by Gasteiger charge is -2.16. The fourth-order valence-electron chi connectivity index (χ4n) is 2.31. The molecule has 108 valence electrons. The second kappa shape index (κ2) is 5.46. The van der Waals surface area contributed by atoms with Crippen LogP contribution in [0.1, 0.15) is 17.3 Å². The van der Waals surface area contributed by atoms with Crippen LogP contribution in [0.5, 0.6) is 5.75 Å². The fourth-order valence-corrected chi connectivity index (χ4v) is 2.31. The third-order valence-corrected chi connectivity index (χ3v) is 3.58. The summed E-state index contributed by atoms with van der Waals surface area (Å²) < 4.78 is 4.91. The number of methoxy groups -OCH3 is 1. The lowest BCUT2D eigenvalue weighted by molar-refractivity contribution is -0.385. The van der Waals surface area contributed by atoms with E-state index in [-0.39, 0.29) is 34.9 Å². The number of hydrogen-bond donors (Lipinski definition) is 1. The van der Waals surface area contributed by atoms with E-state index in [1.165, 1.54) is 25.3 Å². The number of carbonyl (C=O) groups is 1. The highest BCUT2D eigenvalue weighted by molar-refractivity contribution is 5.95. The zero-order valence-electron chi connectivity index (χ0n) is 11.4. The van der Waals surface area contributed by atoms with E-state index in [1.54, 1.807) is 4.90 Å². The molecule has 1 heterocycles. The predicted octanol–water partition coefficient (Wildman–Crippen LogP) is 1.02. The van der Waals surface area contributed by atoms with Crippen LogP contribution in [0.25, 0.3) is 0 Å². The zero-order valence-corrected chi connectivity index (χ0v) is 11.4. The first kappa shape index (κ1) is 14.3. The van der Waals surface area contributed by atoms with Crippen LogP contribution in [-0.4, -0.2) is 42.0 Å². The zero-order chi connectivity index (χ0) is 14.9. The number of amides is 1. The molecule has 0 spiro atoms. The Morgan fingerprint density at radius 3 is 2.70 bits per heavy atom. The molecule has 2 N–H and O–H groups in total. The van der Waals surface area contributed by atoms with Crippen LogP contribution in [0.2, 0.25) is 0 Å². The Balaban J connectivity index is 2.27. The first-order valence-electron chi connectivity index (χ1n) is 6.31. The molecule has 0 bridgehead atoms. The van der Waals surface area contributed by atoms with Gasteiger partial charge in [0.25, 0.3) is 5.91 Å². The molecule has 7 heteroatoms. The number of nitrogens with two attached hydrogens (primary N) is 1. The summed E-state index contributed by atoms with van der Waals surface area (Å²) in [5, 5.41) is 11.0. The number of nitro benzene ring substituents is 1. The van der Waals surface area contributed by atoms with Crippen LogP contribution in [0, 0.1) is 16.0 Å². The average Bonchev–Trinajstić information content (AvgIpc) is 2.77. The molecule has 1 aromatic carbocycles. The van der Waals surface area contributed by atoms with Crippen LogP contribution in [0.3, 0.4) is 0 Å². The van der Waals surface area contributed by atoms with Gasteiger partial charge in [-0.15, -0.1) is 0 Å². The van der Waals surface area contributed by atoms with E-state index in [9.17, 15) is 14.9 Å². The highest BCUT2D eigenvalue weighted by atomic mass is 16.6. The molecule has 0 saturated carbocycles. The Labute approximate surface area is 116 Å². The normalized spacial score (nSPS) is 21.9. The molecule has 1 aliphatic heterocycles. The van der Waals surface area contributed by atoms with Crippen LogP contribution >= 0.6 is 0 Å². The van der Waals surface area contributed by atoms with E-state index < -0.39 is 4.92 Å². The maximum atomic E-state index is 12.3. The second-order valence-corrected chi connectivity index (χ2v) is 5.00. The molecular weight excluding hydrogens is 262 g/mol. The van der Waals surface area contributed by atoms with E-state index in [4.69, 9.17) is 10.5 Å². The number of rotatable bonds is 3. The maximum Gasteiger partial charge on any atom is 0.311 e. The number of carbonyl (C=O) groups excluding carboxylic acids is 1. The molecule has 1 aromatic rings. The molecule has 1 fully saturated rings. The number of hydrogen-bond acceptors (Lipinski definition) is 5. The minimum absolute atomic E-state index is 0.0489.